The minimum absolute atomic E-state index is 0.264. The van der Waals surface area contributed by atoms with Gasteiger partial charge < -0.3 is 0 Å². The Morgan fingerprint density at radius 2 is 1.15 bits per heavy atom. The van der Waals surface area contributed by atoms with E-state index in [9.17, 15) is 19.2 Å². The number of carbonyl (C=O) groups excluding carboxylic acids is 4. The highest BCUT2D eigenvalue weighted by Gasteiger charge is 2.23. The molecule has 0 aliphatic carbocycles. The van der Waals surface area contributed by atoms with E-state index in [1.807, 2.05) is 0 Å². The SMILES string of the molecule is O=C1C#CC(=O)N1CCCCCCN1C(=O)C=CC1=O. The van der Waals surface area contributed by atoms with Gasteiger partial charge in [-0.1, -0.05) is 12.8 Å². The molecule has 0 aromatic carbocycles. The molecule has 4 amide bonds. The van der Waals surface area contributed by atoms with Gasteiger partial charge in [0.15, 0.2) is 0 Å². The number of imide groups is 2. The summed E-state index contributed by atoms with van der Waals surface area (Å²) in [5, 5.41) is 0. The van der Waals surface area contributed by atoms with Crippen LogP contribution in [0.5, 0.6) is 0 Å². The van der Waals surface area contributed by atoms with E-state index in [0.717, 1.165) is 24.2 Å². The van der Waals surface area contributed by atoms with Crippen molar-refractivity contribution in [3.8, 4) is 11.8 Å². The van der Waals surface area contributed by atoms with Crippen LogP contribution in [0, 0.1) is 11.8 Å². The molecular weight excluding hydrogens is 260 g/mol. The van der Waals surface area contributed by atoms with Crippen molar-refractivity contribution in [3.05, 3.63) is 12.2 Å². The second-order valence-corrected chi connectivity index (χ2v) is 4.59. The molecule has 0 unspecified atom stereocenters. The van der Waals surface area contributed by atoms with E-state index in [2.05, 4.69) is 11.8 Å². The quantitative estimate of drug-likeness (QED) is 0.367. The van der Waals surface area contributed by atoms with E-state index in [-0.39, 0.29) is 11.8 Å². The van der Waals surface area contributed by atoms with E-state index in [1.54, 1.807) is 0 Å². The van der Waals surface area contributed by atoms with Gasteiger partial charge in [-0.25, -0.2) is 0 Å². The lowest BCUT2D eigenvalue weighted by atomic mass is 10.2. The van der Waals surface area contributed by atoms with Crippen LogP contribution < -0.4 is 0 Å². The lowest BCUT2D eigenvalue weighted by Gasteiger charge is -2.14. The van der Waals surface area contributed by atoms with Crippen LogP contribution in [-0.4, -0.2) is 46.5 Å². The smallest absolute Gasteiger partial charge is 0.275 e. The van der Waals surface area contributed by atoms with Crippen molar-refractivity contribution >= 4 is 23.6 Å². The van der Waals surface area contributed by atoms with Crippen molar-refractivity contribution in [2.75, 3.05) is 13.1 Å². The molecular formula is C14H14N2O4. The Morgan fingerprint density at radius 3 is 1.65 bits per heavy atom. The third-order valence-corrected chi connectivity index (χ3v) is 3.18. The maximum absolute atomic E-state index is 11.3. The summed E-state index contributed by atoms with van der Waals surface area (Å²) in [5.41, 5.74) is 0. The molecule has 0 saturated carbocycles. The maximum Gasteiger partial charge on any atom is 0.306 e. The fourth-order valence-corrected chi connectivity index (χ4v) is 2.08. The van der Waals surface area contributed by atoms with Crippen LogP contribution in [0.1, 0.15) is 25.7 Å². The maximum atomic E-state index is 11.3. The van der Waals surface area contributed by atoms with Gasteiger partial charge in [0.2, 0.25) is 0 Å². The number of unbranched alkanes of at least 4 members (excludes halogenated alkanes) is 3. The number of rotatable bonds is 7. The molecule has 20 heavy (non-hydrogen) atoms. The van der Waals surface area contributed by atoms with Gasteiger partial charge in [-0.15, -0.1) is 0 Å². The number of hydrogen-bond acceptors (Lipinski definition) is 4. The van der Waals surface area contributed by atoms with Crippen LogP contribution in [0.2, 0.25) is 0 Å². The van der Waals surface area contributed by atoms with Gasteiger partial charge in [-0.05, 0) is 12.8 Å². The fourth-order valence-electron chi connectivity index (χ4n) is 2.08. The number of nitrogens with zero attached hydrogens (tertiary/aromatic N) is 2. The molecule has 0 radical (unpaired) electrons. The van der Waals surface area contributed by atoms with Crippen molar-refractivity contribution in [2.45, 2.75) is 25.7 Å². The number of amides is 4. The van der Waals surface area contributed by atoms with E-state index >= 15 is 0 Å². The molecule has 0 fully saturated rings. The molecule has 0 aromatic heterocycles. The van der Waals surface area contributed by atoms with Gasteiger partial charge in [0, 0.05) is 37.1 Å². The van der Waals surface area contributed by atoms with Gasteiger partial charge in [0.1, 0.15) is 0 Å². The van der Waals surface area contributed by atoms with Crippen molar-refractivity contribution in [1.29, 1.82) is 0 Å². The van der Waals surface area contributed by atoms with E-state index in [4.69, 9.17) is 0 Å². The molecule has 0 spiro atoms. The standard InChI is InChI=1S/C14H14N2O4/c17-11-5-6-12(18)15(11)9-3-1-2-4-10-16-13(19)7-8-14(16)20/h5-6H,1-4,9-10H2. The Labute approximate surface area is 116 Å². The van der Waals surface area contributed by atoms with Crippen LogP contribution in [0.3, 0.4) is 0 Å². The second-order valence-electron chi connectivity index (χ2n) is 4.59. The molecule has 2 aliphatic heterocycles. The predicted octanol–water partition coefficient (Wildman–Crippen LogP) is -0.156. The monoisotopic (exact) mass is 274 g/mol. The Bertz CT molecular complexity index is 509. The molecule has 0 aromatic rings. The molecule has 2 heterocycles. The van der Waals surface area contributed by atoms with E-state index < -0.39 is 11.8 Å². The van der Waals surface area contributed by atoms with Crippen LogP contribution >= 0.6 is 0 Å². The van der Waals surface area contributed by atoms with Crippen LogP contribution in [0.25, 0.3) is 0 Å². The van der Waals surface area contributed by atoms with Crippen molar-refractivity contribution in [1.82, 2.24) is 9.80 Å². The van der Waals surface area contributed by atoms with Gasteiger partial charge in [-0.3, -0.25) is 29.0 Å². The third kappa shape index (κ3) is 3.12. The second kappa shape index (κ2) is 6.15. The third-order valence-electron chi connectivity index (χ3n) is 3.18. The van der Waals surface area contributed by atoms with Crippen LogP contribution in [0.4, 0.5) is 0 Å². The van der Waals surface area contributed by atoms with E-state index in [1.165, 1.54) is 17.1 Å². The molecule has 6 nitrogen and oxygen atoms in total. The van der Waals surface area contributed by atoms with Crippen molar-refractivity contribution in [2.24, 2.45) is 0 Å². The summed E-state index contributed by atoms with van der Waals surface area (Å²) in [5.74, 6) is 3.04. The molecule has 2 aliphatic rings. The minimum atomic E-state index is -0.436. The van der Waals surface area contributed by atoms with Gasteiger partial charge >= 0.3 is 11.8 Å². The largest absolute Gasteiger partial charge is 0.306 e. The highest BCUT2D eigenvalue weighted by Crippen LogP contribution is 2.08. The zero-order valence-corrected chi connectivity index (χ0v) is 10.9. The Balaban J connectivity index is 1.56. The van der Waals surface area contributed by atoms with Crippen LogP contribution in [0.15, 0.2) is 12.2 Å². The zero-order chi connectivity index (χ0) is 14.5. The molecule has 0 N–H and O–H groups in total. The fraction of sp³-hybridized carbons (Fsp3) is 0.429. The summed E-state index contributed by atoms with van der Waals surface area (Å²) >= 11 is 0. The van der Waals surface area contributed by atoms with Gasteiger partial charge in [0.25, 0.3) is 11.8 Å². The first-order chi connectivity index (χ1) is 9.59. The topological polar surface area (TPSA) is 74.8 Å². The van der Waals surface area contributed by atoms with Crippen LogP contribution in [-0.2, 0) is 19.2 Å². The predicted molar refractivity (Wildman–Crippen MR) is 68.8 cm³/mol. The normalized spacial score (nSPS) is 17.2. The van der Waals surface area contributed by atoms with Crippen molar-refractivity contribution < 1.29 is 19.2 Å². The number of hydrogen-bond donors (Lipinski definition) is 0. The summed E-state index contributed by atoms with van der Waals surface area (Å²) in [6.45, 7) is 0.774. The average Bonchev–Trinajstić information content (AvgIpc) is 2.90. The highest BCUT2D eigenvalue weighted by atomic mass is 16.2. The first-order valence-corrected chi connectivity index (χ1v) is 6.50. The molecule has 0 saturated heterocycles. The number of carbonyl (C=O) groups is 4. The summed E-state index contributed by atoms with van der Waals surface area (Å²) in [6, 6.07) is 0. The average molecular weight is 274 g/mol. The lowest BCUT2D eigenvalue weighted by Crippen LogP contribution is -2.32. The Hall–Kier alpha value is -2.42. The molecule has 0 bridgehead atoms. The minimum Gasteiger partial charge on any atom is -0.275 e. The van der Waals surface area contributed by atoms with Gasteiger partial charge in [-0.2, -0.15) is 0 Å². The lowest BCUT2D eigenvalue weighted by molar-refractivity contribution is -0.138. The molecule has 6 heteroatoms. The first-order valence-electron chi connectivity index (χ1n) is 6.50. The Morgan fingerprint density at radius 1 is 0.700 bits per heavy atom. The summed E-state index contributed by atoms with van der Waals surface area (Å²) in [4.78, 5) is 47.3. The van der Waals surface area contributed by atoms with Crippen molar-refractivity contribution in [3.63, 3.8) is 0 Å². The zero-order valence-electron chi connectivity index (χ0n) is 10.9. The first kappa shape index (κ1) is 14.0. The Kier molecular flexibility index (Phi) is 4.31. The summed E-state index contributed by atoms with van der Waals surface area (Å²) in [6.07, 6.45) is 5.60. The van der Waals surface area contributed by atoms with E-state index in [0.29, 0.717) is 19.5 Å². The highest BCUT2D eigenvalue weighted by molar-refractivity contribution is 6.18. The molecule has 0 atom stereocenters. The summed E-state index contributed by atoms with van der Waals surface area (Å²) in [7, 11) is 0. The van der Waals surface area contributed by atoms with Gasteiger partial charge in [0.05, 0.1) is 0 Å². The summed E-state index contributed by atoms with van der Waals surface area (Å²) < 4.78 is 0. The molecule has 2 rings (SSSR count). The molecule has 104 valence electrons.